The van der Waals surface area contributed by atoms with E-state index in [1.807, 2.05) is 0 Å². The van der Waals surface area contributed by atoms with E-state index in [0.717, 1.165) is 42.6 Å². The third-order valence-electron chi connectivity index (χ3n) is 2.32. The minimum atomic E-state index is 0.515. The van der Waals surface area contributed by atoms with Gasteiger partial charge in [0, 0.05) is 19.3 Å². The van der Waals surface area contributed by atoms with Gasteiger partial charge in [-0.15, -0.1) is 10.2 Å². The second-order valence-electron chi connectivity index (χ2n) is 3.39. The van der Waals surface area contributed by atoms with Gasteiger partial charge in [0.15, 0.2) is 0 Å². The lowest BCUT2D eigenvalue weighted by atomic mass is 10.1. The zero-order valence-electron chi connectivity index (χ0n) is 8.32. The van der Waals surface area contributed by atoms with Crippen molar-refractivity contribution < 1.29 is 4.74 Å². The number of anilines is 1. The fourth-order valence-electron chi connectivity index (χ4n) is 1.47. The molecule has 1 saturated heterocycles. The number of hydrogen-bond acceptors (Lipinski definition) is 5. The molecular weight excluding hydrogens is 198 g/mol. The summed E-state index contributed by atoms with van der Waals surface area (Å²) in [6.07, 6.45) is 3.11. The van der Waals surface area contributed by atoms with Crippen LogP contribution in [-0.4, -0.2) is 29.5 Å². The summed E-state index contributed by atoms with van der Waals surface area (Å²) in [5.74, 6) is 0. The van der Waals surface area contributed by atoms with Gasteiger partial charge >= 0.3 is 0 Å². The van der Waals surface area contributed by atoms with Crippen LogP contribution in [0.1, 0.15) is 24.8 Å². The Kier molecular flexibility index (Phi) is 3.31. The fourth-order valence-corrected chi connectivity index (χ4v) is 2.23. The maximum absolute atomic E-state index is 5.29. The van der Waals surface area contributed by atoms with Gasteiger partial charge in [0.2, 0.25) is 5.13 Å². The van der Waals surface area contributed by atoms with Crippen LogP contribution in [0.25, 0.3) is 0 Å². The Morgan fingerprint density at radius 3 is 2.86 bits per heavy atom. The molecule has 1 aromatic heterocycles. The minimum Gasteiger partial charge on any atom is -0.381 e. The average Bonchev–Trinajstić information content (AvgIpc) is 2.67. The number of hydrogen-bond donors (Lipinski definition) is 1. The molecule has 0 bridgehead atoms. The van der Waals surface area contributed by atoms with Crippen LogP contribution in [0, 0.1) is 0 Å². The van der Waals surface area contributed by atoms with E-state index >= 15 is 0 Å². The van der Waals surface area contributed by atoms with E-state index in [1.54, 1.807) is 11.3 Å². The van der Waals surface area contributed by atoms with E-state index in [9.17, 15) is 0 Å². The van der Waals surface area contributed by atoms with Gasteiger partial charge in [-0.3, -0.25) is 0 Å². The third kappa shape index (κ3) is 2.42. The number of nitrogens with zero attached hydrogens (tertiary/aromatic N) is 2. The monoisotopic (exact) mass is 213 g/mol. The summed E-state index contributed by atoms with van der Waals surface area (Å²) in [7, 11) is 0. The van der Waals surface area contributed by atoms with Crippen molar-refractivity contribution in [2.75, 3.05) is 18.5 Å². The highest BCUT2D eigenvalue weighted by Gasteiger charge is 2.14. The van der Waals surface area contributed by atoms with Gasteiger partial charge in [-0.2, -0.15) is 0 Å². The topological polar surface area (TPSA) is 47.0 Å². The molecule has 14 heavy (non-hydrogen) atoms. The molecule has 1 N–H and O–H groups in total. The van der Waals surface area contributed by atoms with Crippen LogP contribution in [0.2, 0.25) is 0 Å². The van der Waals surface area contributed by atoms with Crippen LogP contribution in [0.4, 0.5) is 5.13 Å². The number of aromatic nitrogens is 2. The lowest BCUT2D eigenvalue weighted by Crippen LogP contribution is -2.27. The molecule has 0 radical (unpaired) electrons. The van der Waals surface area contributed by atoms with Crippen molar-refractivity contribution in [1.29, 1.82) is 0 Å². The molecule has 1 aliphatic rings. The van der Waals surface area contributed by atoms with Crippen molar-refractivity contribution in [2.45, 2.75) is 32.2 Å². The normalized spacial score (nSPS) is 18.4. The fraction of sp³-hybridized carbons (Fsp3) is 0.778. The molecule has 78 valence electrons. The van der Waals surface area contributed by atoms with Crippen molar-refractivity contribution in [3.63, 3.8) is 0 Å². The molecule has 0 aromatic carbocycles. The Bertz CT molecular complexity index is 283. The molecule has 0 unspecified atom stereocenters. The Hall–Kier alpha value is -0.680. The van der Waals surface area contributed by atoms with Gasteiger partial charge in [0.05, 0.1) is 0 Å². The molecule has 0 amide bonds. The predicted octanol–water partition coefficient (Wildman–Crippen LogP) is 1.69. The number of nitrogens with one attached hydrogen (secondary N) is 1. The van der Waals surface area contributed by atoms with Crippen molar-refractivity contribution >= 4 is 16.5 Å². The summed E-state index contributed by atoms with van der Waals surface area (Å²) >= 11 is 1.65. The molecule has 5 heteroatoms. The molecular formula is C9H15N3OS. The highest BCUT2D eigenvalue weighted by atomic mass is 32.1. The van der Waals surface area contributed by atoms with Gasteiger partial charge in [0.25, 0.3) is 0 Å². The van der Waals surface area contributed by atoms with Crippen molar-refractivity contribution in [3.05, 3.63) is 5.01 Å². The Balaban J connectivity index is 1.89. The Labute approximate surface area is 87.7 Å². The third-order valence-corrected chi connectivity index (χ3v) is 3.32. The maximum Gasteiger partial charge on any atom is 0.205 e. The summed E-state index contributed by atoms with van der Waals surface area (Å²) in [4.78, 5) is 0. The van der Waals surface area contributed by atoms with Crippen LogP contribution < -0.4 is 5.32 Å². The largest absolute Gasteiger partial charge is 0.381 e. The van der Waals surface area contributed by atoms with E-state index < -0.39 is 0 Å². The molecule has 4 nitrogen and oxygen atoms in total. The molecule has 1 aromatic rings. The van der Waals surface area contributed by atoms with E-state index in [4.69, 9.17) is 4.74 Å². The smallest absolute Gasteiger partial charge is 0.205 e. The minimum absolute atomic E-state index is 0.515. The predicted molar refractivity (Wildman–Crippen MR) is 56.8 cm³/mol. The zero-order valence-corrected chi connectivity index (χ0v) is 9.14. The van der Waals surface area contributed by atoms with Crippen LogP contribution in [-0.2, 0) is 11.2 Å². The first-order valence-electron chi connectivity index (χ1n) is 5.05. The molecule has 2 rings (SSSR count). The summed E-state index contributed by atoms with van der Waals surface area (Å²) in [6, 6.07) is 0.515. The highest BCUT2D eigenvalue weighted by molar-refractivity contribution is 7.15. The first-order chi connectivity index (χ1) is 6.88. The average molecular weight is 213 g/mol. The SMILES string of the molecule is CCc1nnc(NC2CCOCC2)s1. The molecule has 1 aliphatic heterocycles. The summed E-state index contributed by atoms with van der Waals surface area (Å²) in [6.45, 7) is 3.81. The van der Waals surface area contributed by atoms with Gasteiger partial charge in [0.1, 0.15) is 5.01 Å². The molecule has 0 spiro atoms. The maximum atomic E-state index is 5.29. The van der Waals surface area contributed by atoms with Crippen LogP contribution >= 0.6 is 11.3 Å². The number of rotatable bonds is 3. The van der Waals surface area contributed by atoms with Crippen molar-refractivity contribution in [1.82, 2.24) is 10.2 Å². The summed E-state index contributed by atoms with van der Waals surface area (Å²) in [5.41, 5.74) is 0. The molecule has 0 saturated carbocycles. The molecule has 0 aliphatic carbocycles. The van der Waals surface area contributed by atoms with Crippen LogP contribution in [0.15, 0.2) is 0 Å². The lowest BCUT2D eigenvalue weighted by molar-refractivity contribution is 0.0904. The van der Waals surface area contributed by atoms with Crippen LogP contribution in [0.5, 0.6) is 0 Å². The summed E-state index contributed by atoms with van der Waals surface area (Å²) in [5, 5.41) is 13.6. The van der Waals surface area contributed by atoms with E-state index in [0.29, 0.717) is 6.04 Å². The van der Waals surface area contributed by atoms with Gasteiger partial charge < -0.3 is 10.1 Å². The Morgan fingerprint density at radius 2 is 2.21 bits per heavy atom. The quantitative estimate of drug-likeness (QED) is 0.830. The van der Waals surface area contributed by atoms with Gasteiger partial charge in [-0.05, 0) is 19.3 Å². The molecule has 2 heterocycles. The highest BCUT2D eigenvalue weighted by Crippen LogP contribution is 2.19. The molecule has 0 atom stereocenters. The Morgan fingerprint density at radius 1 is 1.43 bits per heavy atom. The van der Waals surface area contributed by atoms with Crippen molar-refractivity contribution in [2.24, 2.45) is 0 Å². The lowest BCUT2D eigenvalue weighted by Gasteiger charge is -2.22. The van der Waals surface area contributed by atoms with Gasteiger partial charge in [-0.1, -0.05) is 18.3 Å². The standard InChI is InChI=1S/C9H15N3OS/c1-2-8-11-12-9(14-8)10-7-3-5-13-6-4-7/h7H,2-6H2,1H3,(H,10,12). The zero-order chi connectivity index (χ0) is 9.80. The van der Waals surface area contributed by atoms with Crippen molar-refractivity contribution in [3.8, 4) is 0 Å². The number of ether oxygens (including phenoxy) is 1. The first kappa shape index (κ1) is 9.86. The van der Waals surface area contributed by atoms with E-state index in [1.165, 1.54) is 0 Å². The second-order valence-corrected chi connectivity index (χ2v) is 4.45. The van der Waals surface area contributed by atoms with E-state index in [2.05, 4.69) is 22.4 Å². The number of aryl methyl sites for hydroxylation is 1. The van der Waals surface area contributed by atoms with Crippen LogP contribution in [0.3, 0.4) is 0 Å². The molecule has 1 fully saturated rings. The first-order valence-corrected chi connectivity index (χ1v) is 5.87. The van der Waals surface area contributed by atoms with Gasteiger partial charge in [-0.25, -0.2) is 0 Å². The second kappa shape index (κ2) is 4.70. The summed E-state index contributed by atoms with van der Waals surface area (Å²) < 4.78 is 5.29. The van der Waals surface area contributed by atoms with E-state index in [-0.39, 0.29) is 0 Å².